The molecule has 0 saturated heterocycles. The molecule has 0 radical (unpaired) electrons. The first kappa shape index (κ1) is 19.5. The van der Waals surface area contributed by atoms with E-state index in [0.29, 0.717) is 5.75 Å². The van der Waals surface area contributed by atoms with Gasteiger partial charge in [-0.25, -0.2) is 4.79 Å². The van der Waals surface area contributed by atoms with E-state index in [0.717, 1.165) is 0 Å². The Hall–Kier alpha value is -1.54. The van der Waals surface area contributed by atoms with Gasteiger partial charge in [-0.05, 0) is 6.92 Å². The summed E-state index contributed by atoms with van der Waals surface area (Å²) >= 11 is 1.20. The summed E-state index contributed by atoms with van der Waals surface area (Å²) in [6, 6.07) is 0. The van der Waals surface area contributed by atoms with Crippen molar-refractivity contribution in [3.05, 3.63) is 12.2 Å². The smallest absolute Gasteiger partial charge is 0.335 e. The molecule has 0 saturated carbocycles. The first-order valence-corrected chi connectivity index (χ1v) is 7.29. The molecule has 0 aromatic carbocycles. The second-order valence-electron chi connectivity index (χ2n) is 4.26. The highest BCUT2D eigenvalue weighted by Gasteiger charge is 2.16. The number of esters is 3. The molecule has 0 bridgehead atoms. The average molecular weight is 320 g/mol. The number of aliphatic hydroxyl groups excluding tert-OH is 1. The fourth-order valence-corrected chi connectivity index (χ4v) is 1.91. The molecule has 2 atom stereocenters. The van der Waals surface area contributed by atoms with Crippen molar-refractivity contribution in [2.45, 2.75) is 20.1 Å². The molecule has 0 aromatic heterocycles. The van der Waals surface area contributed by atoms with Crippen LogP contribution in [0.25, 0.3) is 0 Å². The van der Waals surface area contributed by atoms with Gasteiger partial charge >= 0.3 is 17.9 Å². The number of thioether (sulfide) groups is 1. The van der Waals surface area contributed by atoms with Crippen LogP contribution in [0.1, 0.15) is 13.8 Å². The Labute approximate surface area is 127 Å². The molecular weight excluding hydrogens is 300 g/mol. The summed E-state index contributed by atoms with van der Waals surface area (Å²) in [4.78, 5) is 33.5. The Bertz CT molecular complexity index is 394. The predicted molar refractivity (Wildman–Crippen MR) is 76.4 cm³/mol. The van der Waals surface area contributed by atoms with Crippen molar-refractivity contribution in [2.75, 3.05) is 25.2 Å². The molecule has 0 spiro atoms. The topological polar surface area (TPSA) is 99.1 Å². The first-order chi connectivity index (χ1) is 9.77. The van der Waals surface area contributed by atoms with Gasteiger partial charge in [-0.3, -0.25) is 9.59 Å². The van der Waals surface area contributed by atoms with Gasteiger partial charge in [0.2, 0.25) is 6.29 Å². The Morgan fingerprint density at radius 1 is 1.33 bits per heavy atom. The summed E-state index contributed by atoms with van der Waals surface area (Å²) in [5.74, 6) is -1.59. The quantitative estimate of drug-likeness (QED) is 0.284. The minimum absolute atomic E-state index is 0.0164. The minimum atomic E-state index is -1.53. The van der Waals surface area contributed by atoms with Crippen LogP contribution in [-0.2, 0) is 28.6 Å². The molecule has 0 heterocycles. The van der Waals surface area contributed by atoms with Gasteiger partial charge in [0.25, 0.3) is 0 Å². The fraction of sp³-hybridized carbons (Fsp3) is 0.615. The van der Waals surface area contributed by atoms with Crippen LogP contribution in [-0.4, -0.2) is 54.5 Å². The van der Waals surface area contributed by atoms with Crippen molar-refractivity contribution in [1.29, 1.82) is 0 Å². The average Bonchev–Trinajstić information content (AvgIpc) is 2.43. The molecule has 0 aliphatic rings. The molecule has 1 N–H and O–H groups in total. The molecule has 0 amide bonds. The van der Waals surface area contributed by atoms with E-state index in [2.05, 4.69) is 16.1 Å². The van der Waals surface area contributed by atoms with Gasteiger partial charge in [0, 0.05) is 11.3 Å². The van der Waals surface area contributed by atoms with Gasteiger partial charge in [0.05, 0.1) is 18.8 Å². The summed E-state index contributed by atoms with van der Waals surface area (Å²) in [7, 11) is 1.30. The Morgan fingerprint density at radius 3 is 2.48 bits per heavy atom. The number of carbonyl (C=O) groups is 3. The van der Waals surface area contributed by atoms with Crippen LogP contribution in [0.3, 0.4) is 0 Å². The van der Waals surface area contributed by atoms with E-state index in [9.17, 15) is 19.5 Å². The maximum Gasteiger partial charge on any atom is 0.335 e. The maximum absolute atomic E-state index is 11.4. The molecule has 21 heavy (non-hydrogen) atoms. The molecule has 0 aliphatic carbocycles. The van der Waals surface area contributed by atoms with Crippen molar-refractivity contribution < 1.29 is 33.7 Å². The Balaban J connectivity index is 3.83. The highest BCUT2D eigenvalue weighted by molar-refractivity contribution is 7.99. The lowest BCUT2D eigenvalue weighted by Gasteiger charge is -2.12. The number of rotatable bonds is 9. The first-order valence-electron chi connectivity index (χ1n) is 6.13. The third-order valence-electron chi connectivity index (χ3n) is 2.17. The van der Waals surface area contributed by atoms with Crippen LogP contribution in [0, 0.1) is 5.92 Å². The van der Waals surface area contributed by atoms with Crippen LogP contribution >= 0.6 is 11.8 Å². The highest BCUT2D eigenvalue weighted by atomic mass is 32.2. The van der Waals surface area contributed by atoms with E-state index in [4.69, 9.17) is 4.74 Å². The van der Waals surface area contributed by atoms with Crippen molar-refractivity contribution in [3.8, 4) is 0 Å². The lowest BCUT2D eigenvalue weighted by atomic mass is 10.2. The zero-order chi connectivity index (χ0) is 16.4. The largest absolute Gasteiger partial charge is 0.469 e. The summed E-state index contributed by atoms with van der Waals surface area (Å²) in [6.45, 7) is 6.01. The van der Waals surface area contributed by atoms with E-state index in [1.165, 1.54) is 25.8 Å². The second kappa shape index (κ2) is 10.2. The number of methoxy groups -OCH3 is 1. The third-order valence-corrected chi connectivity index (χ3v) is 3.35. The molecule has 0 aliphatic heterocycles. The lowest BCUT2D eigenvalue weighted by molar-refractivity contribution is -0.177. The summed E-state index contributed by atoms with van der Waals surface area (Å²) in [5.41, 5.74) is 0.132. The van der Waals surface area contributed by atoms with Crippen molar-refractivity contribution in [3.63, 3.8) is 0 Å². The number of ether oxygens (including phenoxy) is 3. The standard InChI is InChI=1S/C13H20O7S/c1-8(2)12(16)20-10(14)5-19-11(15)7-21-6-9(3)13(17)18-4/h9-10,14H,1,5-7H2,2-4H3. The molecular formula is C13H20O7S. The second-order valence-corrected chi connectivity index (χ2v) is 5.29. The zero-order valence-electron chi connectivity index (χ0n) is 12.3. The number of carbonyl (C=O) groups excluding carboxylic acids is 3. The third kappa shape index (κ3) is 9.09. The predicted octanol–water partition coefficient (Wildman–Crippen LogP) is 0.510. The number of hydrogen-bond acceptors (Lipinski definition) is 8. The van der Waals surface area contributed by atoms with E-state index in [1.54, 1.807) is 6.92 Å². The van der Waals surface area contributed by atoms with Crippen LogP contribution in [0.5, 0.6) is 0 Å². The van der Waals surface area contributed by atoms with Gasteiger partial charge in [-0.15, -0.1) is 11.8 Å². The van der Waals surface area contributed by atoms with Crippen LogP contribution in [0.2, 0.25) is 0 Å². The monoisotopic (exact) mass is 320 g/mol. The minimum Gasteiger partial charge on any atom is -0.469 e. The highest BCUT2D eigenvalue weighted by Crippen LogP contribution is 2.10. The Morgan fingerprint density at radius 2 is 1.95 bits per heavy atom. The number of hydrogen-bond donors (Lipinski definition) is 1. The van der Waals surface area contributed by atoms with Gasteiger partial charge < -0.3 is 19.3 Å². The molecule has 120 valence electrons. The molecule has 0 aromatic rings. The van der Waals surface area contributed by atoms with Gasteiger partial charge in [0.1, 0.15) is 0 Å². The molecule has 7 nitrogen and oxygen atoms in total. The zero-order valence-corrected chi connectivity index (χ0v) is 13.1. The van der Waals surface area contributed by atoms with E-state index in [-0.39, 0.29) is 23.2 Å². The number of aliphatic hydroxyl groups is 1. The van der Waals surface area contributed by atoms with Crippen molar-refractivity contribution in [1.82, 2.24) is 0 Å². The molecule has 0 rings (SSSR count). The summed E-state index contributed by atoms with van der Waals surface area (Å²) in [5, 5.41) is 9.31. The van der Waals surface area contributed by atoms with Gasteiger partial charge in [-0.1, -0.05) is 13.5 Å². The van der Waals surface area contributed by atoms with Gasteiger partial charge in [0.15, 0.2) is 6.61 Å². The SMILES string of the molecule is C=C(C)C(=O)OC(O)COC(=O)CSCC(C)C(=O)OC. The van der Waals surface area contributed by atoms with E-state index in [1.807, 2.05) is 0 Å². The Kier molecular flexibility index (Phi) is 9.48. The molecule has 0 fully saturated rings. The normalized spacial score (nSPS) is 13.0. The van der Waals surface area contributed by atoms with E-state index < -0.39 is 24.8 Å². The van der Waals surface area contributed by atoms with Crippen molar-refractivity contribution in [2.24, 2.45) is 5.92 Å². The van der Waals surface area contributed by atoms with Gasteiger partial charge in [-0.2, -0.15) is 0 Å². The lowest BCUT2D eigenvalue weighted by Crippen LogP contribution is -2.25. The van der Waals surface area contributed by atoms with Crippen LogP contribution in [0.15, 0.2) is 12.2 Å². The van der Waals surface area contributed by atoms with E-state index >= 15 is 0 Å². The maximum atomic E-state index is 11.4. The fourth-order valence-electron chi connectivity index (χ4n) is 1.05. The molecule has 8 heteroatoms. The van der Waals surface area contributed by atoms with Crippen molar-refractivity contribution >= 4 is 29.7 Å². The molecule has 2 unspecified atom stereocenters. The summed E-state index contributed by atoms with van der Waals surface area (Å²) in [6.07, 6.45) is -1.53. The summed E-state index contributed by atoms with van der Waals surface area (Å²) < 4.78 is 13.8. The van der Waals surface area contributed by atoms with Crippen LogP contribution in [0.4, 0.5) is 0 Å². The van der Waals surface area contributed by atoms with Crippen LogP contribution < -0.4 is 0 Å².